The van der Waals surface area contributed by atoms with Gasteiger partial charge in [-0.3, -0.25) is 9.59 Å². The van der Waals surface area contributed by atoms with Gasteiger partial charge in [-0.15, -0.1) is 0 Å². The zero-order chi connectivity index (χ0) is 17.9. The number of carboxylic acid groups (broad SMARTS) is 2. The number of nitrogens with one attached hydrogen (secondary N) is 2. The van der Waals surface area contributed by atoms with Crippen LogP contribution in [0.2, 0.25) is 0 Å². The number of aliphatic hydroxyl groups is 1. The number of anilines is 1. The van der Waals surface area contributed by atoms with E-state index in [1.54, 1.807) is 0 Å². The Bertz CT molecular complexity index is 506. The van der Waals surface area contributed by atoms with Crippen LogP contribution in [0.5, 0.6) is 0 Å². The fraction of sp³-hybridized carbons (Fsp3) is 0.500. The number of nitrogens with two attached hydrogens (primary N) is 1. The highest BCUT2D eigenvalue weighted by Gasteiger charge is 2.30. The van der Waals surface area contributed by atoms with E-state index < -0.39 is 24.1 Å². The molecule has 0 amide bonds. The van der Waals surface area contributed by atoms with Crippen LogP contribution in [0.4, 0.5) is 5.69 Å². The van der Waals surface area contributed by atoms with E-state index in [4.69, 9.17) is 21.1 Å². The summed E-state index contributed by atoms with van der Waals surface area (Å²) >= 11 is 0. The van der Waals surface area contributed by atoms with E-state index in [0.717, 1.165) is 25.1 Å². The van der Waals surface area contributed by atoms with Crippen molar-refractivity contribution < 1.29 is 24.9 Å². The van der Waals surface area contributed by atoms with Crippen molar-refractivity contribution in [3.8, 4) is 0 Å². The maximum Gasteiger partial charge on any atom is 0.323 e. The van der Waals surface area contributed by atoms with Gasteiger partial charge >= 0.3 is 11.9 Å². The molecule has 2 aliphatic rings. The van der Waals surface area contributed by atoms with E-state index in [1.807, 2.05) is 30.3 Å². The molecule has 1 aromatic rings. The monoisotopic (exact) mass is 339 g/mol. The summed E-state index contributed by atoms with van der Waals surface area (Å²) in [6.07, 6.45) is 1.62. The van der Waals surface area contributed by atoms with Gasteiger partial charge in [0.15, 0.2) is 0 Å². The lowest BCUT2D eigenvalue weighted by molar-refractivity contribution is -0.141. The van der Waals surface area contributed by atoms with Gasteiger partial charge in [0, 0.05) is 5.69 Å². The van der Waals surface area contributed by atoms with Crippen LogP contribution < -0.4 is 16.4 Å². The maximum atomic E-state index is 10.2. The van der Waals surface area contributed by atoms with Crippen molar-refractivity contribution in [2.24, 2.45) is 0 Å². The number of hydrogen-bond acceptors (Lipinski definition) is 6. The SMILES string of the molecule is Nc1ccccc1.O=C(O)[C@@H]1CCCN1.O=C(O)[C@H]1NCCC1O. The van der Waals surface area contributed by atoms with Gasteiger partial charge < -0.3 is 31.7 Å². The first kappa shape index (κ1) is 19.9. The quantitative estimate of drug-likeness (QED) is 0.409. The van der Waals surface area contributed by atoms with E-state index in [1.165, 1.54) is 0 Å². The minimum absolute atomic E-state index is 0.269. The Hall–Kier alpha value is -2.16. The molecule has 24 heavy (non-hydrogen) atoms. The fourth-order valence-corrected chi connectivity index (χ4v) is 2.29. The molecule has 7 N–H and O–H groups in total. The molecule has 0 spiro atoms. The van der Waals surface area contributed by atoms with Gasteiger partial charge in [0.25, 0.3) is 0 Å². The Labute approximate surface area is 140 Å². The standard InChI is InChI=1S/C6H7N.C5H9NO3.C5H9NO2/c7-6-4-2-1-3-5-6;7-3-1-2-6-4(3)5(8)9;7-5(8)4-2-1-3-6-4/h1-5H,7H2;3-4,6-7H,1-2H2,(H,8,9);4,6H,1-3H2,(H,7,8)/t;3?,4-;4-/m.00/s1. The second-order valence-electron chi connectivity index (χ2n) is 5.52. The molecule has 2 saturated heterocycles. The van der Waals surface area contributed by atoms with Gasteiger partial charge in [-0.2, -0.15) is 0 Å². The third-order valence-electron chi connectivity index (χ3n) is 3.61. The molecule has 8 nitrogen and oxygen atoms in total. The lowest BCUT2D eigenvalue weighted by Gasteiger charge is -2.06. The zero-order valence-electron chi connectivity index (χ0n) is 13.4. The van der Waals surface area contributed by atoms with Crippen LogP contribution in [0.1, 0.15) is 19.3 Å². The van der Waals surface area contributed by atoms with Gasteiger partial charge in [-0.05, 0) is 44.5 Å². The average molecular weight is 339 g/mol. The highest BCUT2D eigenvalue weighted by atomic mass is 16.4. The summed E-state index contributed by atoms with van der Waals surface area (Å²) < 4.78 is 0. The van der Waals surface area contributed by atoms with Crippen molar-refractivity contribution in [1.82, 2.24) is 10.6 Å². The number of carbonyl (C=O) groups is 2. The van der Waals surface area contributed by atoms with Gasteiger partial charge in [0.05, 0.1) is 6.10 Å². The minimum Gasteiger partial charge on any atom is -0.480 e. The molecule has 3 atom stereocenters. The number of benzene rings is 1. The summed E-state index contributed by atoms with van der Waals surface area (Å²) in [4.78, 5) is 20.3. The topological polar surface area (TPSA) is 145 Å². The maximum absolute atomic E-state index is 10.2. The Morgan fingerprint density at radius 2 is 1.67 bits per heavy atom. The van der Waals surface area contributed by atoms with Crippen LogP contribution in [0.25, 0.3) is 0 Å². The molecule has 0 bridgehead atoms. The van der Waals surface area contributed by atoms with E-state index in [2.05, 4.69) is 10.6 Å². The zero-order valence-corrected chi connectivity index (χ0v) is 13.4. The van der Waals surface area contributed by atoms with E-state index in [-0.39, 0.29) is 6.04 Å². The summed E-state index contributed by atoms with van der Waals surface area (Å²) in [5.41, 5.74) is 6.18. The lowest BCUT2D eigenvalue weighted by atomic mass is 10.2. The van der Waals surface area contributed by atoms with Gasteiger partial charge in [-0.1, -0.05) is 18.2 Å². The highest BCUT2D eigenvalue weighted by molar-refractivity contribution is 5.74. The van der Waals surface area contributed by atoms with Gasteiger partial charge in [0.2, 0.25) is 0 Å². The largest absolute Gasteiger partial charge is 0.480 e. The number of aliphatic carboxylic acids is 2. The highest BCUT2D eigenvalue weighted by Crippen LogP contribution is 2.05. The van der Waals surface area contributed by atoms with Gasteiger partial charge in [-0.25, -0.2) is 0 Å². The molecule has 0 aliphatic carbocycles. The summed E-state index contributed by atoms with van der Waals surface area (Å²) in [6.45, 7) is 1.45. The Balaban J connectivity index is 0.000000181. The molecule has 0 aromatic heterocycles. The van der Waals surface area contributed by atoms with E-state index in [9.17, 15) is 9.59 Å². The van der Waals surface area contributed by atoms with Crippen LogP contribution in [0, 0.1) is 0 Å². The first-order valence-electron chi connectivity index (χ1n) is 7.82. The molecule has 2 heterocycles. The van der Waals surface area contributed by atoms with Crippen molar-refractivity contribution in [1.29, 1.82) is 0 Å². The van der Waals surface area contributed by atoms with Crippen LogP contribution in [0.3, 0.4) is 0 Å². The third kappa shape index (κ3) is 7.40. The summed E-state index contributed by atoms with van der Waals surface area (Å²) in [6, 6.07) is 8.47. The molecular weight excluding hydrogens is 314 g/mol. The molecule has 3 rings (SSSR count). The predicted molar refractivity (Wildman–Crippen MR) is 89.6 cm³/mol. The first-order chi connectivity index (χ1) is 11.4. The van der Waals surface area contributed by atoms with Crippen molar-refractivity contribution in [2.75, 3.05) is 18.8 Å². The first-order valence-corrected chi connectivity index (χ1v) is 7.82. The minimum atomic E-state index is -0.972. The second kappa shape index (κ2) is 10.6. The number of nitrogen functional groups attached to an aromatic ring is 1. The summed E-state index contributed by atoms with van der Waals surface area (Å²) in [5.74, 6) is -1.69. The number of hydrogen-bond donors (Lipinski definition) is 6. The Morgan fingerprint density at radius 1 is 1.00 bits per heavy atom. The number of para-hydroxylation sites is 1. The second-order valence-corrected chi connectivity index (χ2v) is 5.52. The Morgan fingerprint density at radius 3 is 1.92 bits per heavy atom. The molecule has 1 unspecified atom stereocenters. The molecule has 0 saturated carbocycles. The van der Waals surface area contributed by atoms with Crippen molar-refractivity contribution in [2.45, 2.75) is 37.5 Å². The predicted octanol–water partition coefficient (Wildman–Crippen LogP) is -0.114. The molecule has 2 aliphatic heterocycles. The molecule has 8 heteroatoms. The van der Waals surface area contributed by atoms with Crippen LogP contribution in [0.15, 0.2) is 30.3 Å². The number of aliphatic hydroxyl groups excluding tert-OH is 1. The van der Waals surface area contributed by atoms with Crippen LogP contribution >= 0.6 is 0 Å². The molecule has 134 valence electrons. The Kier molecular flexibility index (Phi) is 8.77. The number of carboxylic acids is 2. The third-order valence-corrected chi connectivity index (χ3v) is 3.61. The van der Waals surface area contributed by atoms with Crippen molar-refractivity contribution in [3.05, 3.63) is 30.3 Å². The number of rotatable bonds is 2. The van der Waals surface area contributed by atoms with Crippen LogP contribution in [-0.4, -0.2) is 58.5 Å². The molecule has 1 aromatic carbocycles. The average Bonchev–Trinajstić information content (AvgIpc) is 3.20. The van der Waals surface area contributed by atoms with E-state index >= 15 is 0 Å². The molecule has 2 fully saturated rings. The molecule has 0 radical (unpaired) electrons. The normalized spacial score (nSPS) is 25.0. The summed E-state index contributed by atoms with van der Waals surface area (Å²) in [5, 5.41) is 31.1. The lowest BCUT2D eigenvalue weighted by Crippen LogP contribution is -2.38. The summed E-state index contributed by atoms with van der Waals surface area (Å²) in [7, 11) is 0. The smallest absolute Gasteiger partial charge is 0.323 e. The fourth-order valence-electron chi connectivity index (χ4n) is 2.29. The molecular formula is C16H25N3O5. The van der Waals surface area contributed by atoms with Crippen molar-refractivity contribution in [3.63, 3.8) is 0 Å². The van der Waals surface area contributed by atoms with Crippen LogP contribution in [-0.2, 0) is 9.59 Å². The van der Waals surface area contributed by atoms with E-state index in [0.29, 0.717) is 13.0 Å². The van der Waals surface area contributed by atoms with Gasteiger partial charge in [0.1, 0.15) is 12.1 Å². The van der Waals surface area contributed by atoms with Crippen molar-refractivity contribution >= 4 is 17.6 Å².